The lowest BCUT2D eigenvalue weighted by Gasteiger charge is -2.28. The summed E-state index contributed by atoms with van der Waals surface area (Å²) in [6, 6.07) is 0. The first-order valence-electron chi connectivity index (χ1n) is 6.75. The number of ether oxygens (including phenoxy) is 1. The second kappa shape index (κ2) is 10.3. The molecular weight excluding hydrogens is 352 g/mol. The Morgan fingerprint density at radius 2 is 1.40 bits per heavy atom. The van der Waals surface area contributed by atoms with Gasteiger partial charge in [-0.15, -0.1) is 0 Å². The fraction of sp³-hybridized carbons (Fsp3) is 0.750. The fourth-order valence-electron chi connectivity index (χ4n) is 1.58. The zero-order valence-corrected chi connectivity index (χ0v) is 12.6. The van der Waals surface area contributed by atoms with E-state index < -0.39 is 67.4 Å². The Morgan fingerprint density at radius 3 is 1.80 bits per heavy atom. The van der Waals surface area contributed by atoms with Gasteiger partial charge in [0.1, 0.15) is 36.6 Å². The normalized spacial score (nSPS) is 21.1. The second-order valence-corrected chi connectivity index (χ2v) is 4.98. The van der Waals surface area contributed by atoms with Crippen molar-refractivity contribution >= 4 is 18.2 Å². The number of carbonyl (C=O) groups is 3. The Labute approximate surface area is 139 Å². The van der Waals surface area contributed by atoms with E-state index in [0.717, 1.165) is 0 Å². The number of aliphatic hydroxyl groups is 8. The summed E-state index contributed by atoms with van der Waals surface area (Å²) in [5.74, 6) is -3.90. The van der Waals surface area contributed by atoms with Crippen molar-refractivity contribution in [3.05, 3.63) is 0 Å². The van der Waals surface area contributed by atoms with Crippen LogP contribution in [0.2, 0.25) is 0 Å². The molecule has 0 radical (unpaired) electrons. The van der Waals surface area contributed by atoms with Gasteiger partial charge in [0.05, 0.1) is 6.61 Å². The van der Waals surface area contributed by atoms with E-state index in [1.165, 1.54) is 0 Å². The zero-order valence-electron chi connectivity index (χ0n) is 12.6. The molecule has 0 rings (SSSR count). The van der Waals surface area contributed by atoms with Crippen molar-refractivity contribution < 1.29 is 65.1 Å². The van der Waals surface area contributed by atoms with E-state index in [2.05, 4.69) is 4.74 Å². The lowest BCUT2D eigenvalue weighted by Crippen LogP contribution is -2.53. The summed E-state index contributed by atoms with van der Waals surface area (Å²) in [6.45, 7) is -1.06. The van der Waals surface area contributed by atoms with Crippen LogP contribution >= 0.6 is 0 Å². The predicted octanol–water partition coefficient (Wildman–Crippen LogP) is -6.30. The summed E-state index contributed by atoms with van der Waals surface area (Å²) in [6.07, 6.45) is -18.9. The van der Waals surface area contributed by atoms with Gasteiger partial charge < -0.3 is 55.5 Å². The van der Waals surface area contributed by atoms with E-state index in [1.807, 2.05) is 0 Å². The van der Waals surface area contributed by atoms with Crippen LogP contribution in [-0.4, -0.2) is 120 Å². The molecule has 0 aliphatic rings. The van der Waals surface area contributed by atoms with E-state index in [4.69, 9.17) is 20.4 Å². The van der Waals surface area contributed by atoms with Crippen molar-refractivity contribution in [3.63, 3.8) is 0 Å². The van der Waals surface area contributed by atoms with Crippen molar-refractivity contribution in [2.45, 2.75) is 48.8 Å². The molecule has 0 bridgehead atoms. The number of aliphatic carboxylic acids is 1. The Morgan fingerprint density at radius 1 is 0.880 bits per heavy atom. The number of carboxylic acids is 1. The number of carboxylic acid groups (broad SMARTS) is 1. The number of rotatable bonds is 11. The number of carbonyl (C=O) groups excluding carboxylic acids is 2. The van der Waals surface area contributed by atoms with Gasteiger partial charge in [-0.2, -0.15) is 0 Å². The number of hydrogen-bond acceptors (Lipinski definition) is 12. The van der Waals surface area contributed by atoms with Gasteiger partial charge >= 0.3 is 11.9 Å². The minimum atomic E-state index is -2.63. The molecule has 0 aliphatic heterocycles. The number of esters is 1. The molecule has 0 saturated carbocycles. The Bertz CT molecular complexity index is 454. The highest BCUT2D eigenvalue weighted by molar-refractivity contribution is 5.81. The third kappa shape index (κ3) is 6.26. The highest BCUT2D eigenvalue weighted by Crippen LogP contribution is 2.12. The van der Waals surface area contributed by atoms with Gasteiger partial charge in [-0.25, -0.2) is 9.59 Å². The third-order valence-corrected chi connectivity index (χ3v) is 3.13. The molecule has 0 saturated heterocycles. The van der Waals surface area contributed by atoms with E-state index in [9.17, 15) is 39.9 Å². The molecule has 0 spiro atoms. The van der Waals surface area contributed by atoms with Crippen LogP contribution < -0.4 is 0 Å². The minimum absolute atomic E-state index is 0.206. The van der Waals surface area contributed by atoms with E-state index >= 15 is 0 Å². The van der Waals surface area contributed by atoms with E-state index in [-0.39, 0.29) is 6.29 Å². The van der Waals surface area contributed by atoms with Gasteiger partial charge in [0.25, 0.3) is 0 Å². The monoisotopic (exact) mass is 372 g/mol. The molecule has 0 aromatic carbocycles. The van der Waals surface area contributed by atoms with Crippen LogP contribution in [0, 0.1) is 0 Å². The number of hydrogen-bond donors (Lipinski definition) is 9. The summed E-state index contributed by atoms with van der Waals surface area (Å²) in [7, 11) is 0. The number of aldehydes is 1. The third-order valence-electron chi connectivity index (χ3n) is 3.13. The van der Waals surface area contributed by atoms with E-state index in [0.29, 0.717) is 0 Å². The molecule has 0 fully saturated rings. The summed E-state index contributed by atoms with van der Waals surface area (Å²) in [4.78, 5) is 32.9. The molecule has 0 unspecified atom stereocenters. The highest BCUT2D eigenvalue weighted by Gasteiger charge is 2.42. The standard InChI is InChI=1S/C12H20O13/c13-1-3(15)5(17)7(19)9(21)12(24)25-10(11(22)23)8(20)6(18)4(16)2-14/h1,3-10,14-21H,2H2,(H,22,23)/t3-,4+,5+,6+,7-,8-,9-,10+/m0/s1. The van der Waals surface area contributed by atoms with E-state index in [1.54, 1.807) is 0 Å². The molecule has 0 heterocycles. The average molecular weight is 372 g/mol. The fourth-order valence-corrected chi connectivity index (χ4v) is 1.58. The van der Waals surface area contributed by atoms with Crippen molar-refractivity contribution in [1.82, 2.24) is 0 Å². The van der Waals surface area contributed by atoms with Crippen LogP contribution in [0.15, 0.2) is 0 Å². The van der Waals surface area contributed by atoms with Gasteiger partial charge in [-0.05, 0) is 0 Å². The molecule has 13 heteroatoms. The minimum Gasteiger partial charge on any atom is -0.478 e. The van der Waals surface area contributed by atoms with Crippen LogP contribution in [0.4, 0.5) is 0 Å². The Kier molecular flexibility index (Phi) is 9.61. The first-order valence-corrected chi connectivity index (χ1v) is 6.75. The maximum Gasteiger partial charge on any atom is 0.347 e. The molecule has 13 nitrogen and oxygen atoms in total. The SMILES string of the molecule is O=C[C@H](O)[C@@H](O)[C@H](O)[C@H](O)C(=O)O[C@@H](C(=O)O)[C@@H](O)[C@H](O)[C@H](O)CO. The van der Waals surface area contributed by atoms with Gasteiger partial charge in [0.15, 0.2) is 12.4 Å². The van der Waals surface area contributed by atoms with Crippen molar-refractivity contribution in [2.24, 2.45) is 0 Å². The second-order valence-electron chi connectivity index (χ2n) is 4.98. The molecule has 8 atom stereocenters. The smallest absolute Gasteiger partial charge is 0.347 e. The quantitative estimate of drug-likeness (QED) is 0.121. The first-order chi connectivity index (χ1) is 11.5. The van der Waals surface area contributed by atoms with Crippen molar-refractivity contribution in [3.8, 4) is 0 Å². The van der Waals surface area contributed by atoms with Gasteiger partial charge in [-0.1, -0.05) is 0 Å². The molecule has 0 aromatic heterocycles. The van der Waals surface area contributed by atoms with Crippen LogP contribution in [0.25, 0.3) is 0 Å². The molecule has 25 heavy (non-hydrogen) atoms. The highest BCUT2D eigenvalue weighted by atomic mass is 16.6. The molecule has 0 aromatic rings. The maximum absolute atomic E-state index is 11.6. The summed E-state index contributed by atoms with van der Waals surface area (Å²) < 4.78 is 4.20. The van der Waals surface area contributed by atoms with Gasteiger partial charge in [0, 0.05) is 0 Å². The van der Waals surface area contributed by atoms with Crippen molar-refractivity contribution in [2.75, 3.05) is 6.61 Å². The van der Waals surface area contributed by atoms with Gasteiger partial charge in [0.2, 0.25) is 6.10 Å². The van der Waals surface area contributed by atoms with Crippen LogP contribution in [0.5, 0.6) is 0 Å². The molecule has 146 valence electrons. The molecule has 9 N–H and O–H groups in total. The number of aliphatic hydroxyl groups excluding tert-OH is 8. The average Bonchev–Trinajstić information content (AvgIpc) is 2.60. The molecule has 0 aliphatic carbocycles. The van der Waals surface area contributed by atoms with Crippen LogP contribution in [0.3, 0.4) is 0 Å². The first kappa shape index (κ1) is 23.3. The Balaban J connectivity index is 5.11. The molecule has 0 amide bonds. The topological polar surface area (TPSA) is 243 Å². The summed E-state index contributed by atoms with van der Waals surface area (Å²) in [5, 5.41) is 82.8. The zero-order chi connectivity index (χ0) is 19.9. The van der Waals surface area contributed by atoms with Crippen molar-refractivity contribution in [1.29, 1.82) is 0 Å². The Hall–Kier alpha value is -1.71. The largest absolute Gasteiger partial charge is 0.478 e. The van der Waals surface area contributed by atoms with Gasteiger partial charge in [-0.3, -0.25) is 0 Å². The maximum atomic E-state index is 11.6. The van der Waals surface area contributed by atoms with Crippen LogP contribution in [-0.2, 0) is 19.1 Å². The summed E-state index contributed by atoms with van der Waals surface area (Å²) in [5.41, 5.74) is 0. The predicted molar refractivity (Wildman–Crippen MR) is 72.7 cm³/mol. The lowest BCUT2D eigenvalue weighted by atomic mass is 10.0. The van der Waals surface area contributed by atoms with Crippen LogP contribution in [0.1, 0.15) is 0 Å². The summed E-state index contributed by atoms with van der Waals surface area (Å²) >= 11 is 0. The lowest BCUT2D eigenvalue weighted by molar-refractivity contribution is -0.194. The molecular formula is C12H20O13.